The Kier molecular flexibility index (Phi) is 5.46. The maximum absolute atomic E-state index is 12.9. The van der Waals surface area contributed by atoms with E-state index in [1.807, 2.05) is 47.4 Å². The van der Waals surface area contributed by atoms with Crippen LogP contribution in [0.15, 0.2) is 54.9 Å². The van der Waals surface area contributed by atoms with E-state index in [2.05, 4.69) is 9.88 Å². The third-order valence-corrected chi connectivity index (χ3v) is 7.42. The molecular formula is C21H25N3O3S. The van der Waals surface area contributed by atoms with Crippen LogP contribution < -0.4 is 0 Å². The molecule has 0 saturated carbocycles. The third-order valence-electron chi connectivity index (χ3n) is 5.72. The number of fused-ring (bicyclic) bond motifs is 1. The predicted molar refractivity (Wildman–Crippen MR) is 107 cm³/mol. The van der Waals surface area contributed by atoms with Crippen LogP contribution in [0, 0.1) is 0 Å². The summed E-state index contributed by atoms with van der Waals surface area (Å²) in [7, 11) is -3.14. The Morgan fingerprint density at radius 3 is 2.43 bits per heavy atom. The third kappa shape index (κ3) is 4.25. The first-order chi connectivity index (χ1) is 13.5. The lowest BCUT2D eigenvalue weighted by atomic mass is 10.0. The minimum Gasteiger partial charge on any atom is -0.336 e. The molecule has 0 bridgehead atoms. The van der Waals surface area contributed by atoms with E-state index >= 15 is 0 Å². The largest absolute Gasteiger partial charge is 0.336 e. The van der Waals surface area contributed by atoms with Crippen molar-refractivity contribution < 1.29 is 13.2 Å². The van der Waals surface area contributed by atoms with Crippen LogP contribution in [0.1, 0.15) is 17.5 Å². The molecule has 2 atom stereocenters. The lowest BCUT2D eigenvalue weighted by Gasteiger charge is -2.44. The summed E-state index contributed by atoms with van der Waals surface area (Å²) in [5.41, 5.74) is 2.24. The Bertz CT molecular complexity index is 918. The zero-order valence-electron chi connectivity index (χ0n) is 15.8. The van der Waals surface area contributed by atoms with Crippen molar-refractivity contribution in [1.29, 1.82) is 0 Å². The number of carbonyl (C=O) groups excluding carboxylic acids is 1. The van der Waals surface area contributed by atoms with Gasteiger partial charge in [0.1, 0.15) is 0 Å². The maximum Gasteiger partial charge on any atom is 0.223 e. The molecular weight excluding hydrogens is 374 g/mol. The van der Waals surface area contributed by atoms with Crippen LogP contribution in [0.25, 0.3) is 0 Å². The molecule has 0 N–H and O–H groups in total. The van der Waals surface area contributed by atoms with E-state index in [-0.39, 0.29) is 29.5 Å². The van der Waals surface area contributed by atoms with Crippen LogP contribution in [-0.2, 0) is 27.6 Å². The van der Waals surface area contributed by atoms with Gasteiger partial charge in [-0.05, 0) is 29.7 Å². The van der Waals surface area contributed by atoms with Crippen molar-refractivity contribution in [2.24, 2.45) is 0 Å². The summed E-state index contributed by atoms with van der Waals surface area (Å²) in [5, 5.41) is 0. The Balaban J connectivity index is 1.46. The number of amides is 1. The van der Waals surface area contributed by atoms with E-state index in [1.54, 1.807) is 12.4 Å². The average Bonchev–Trinajstić information content (AvgIpc) is 3.03. The summed E-state index contributed by atoms with van der Waals surface area (Å²) < 4.78 is 24.7. The molecule has 2 aromatic rings. The summed E-state index contributed by atoms with van der Waals surface area (Å²) in [4.78, 5) is 21.0. The zero-order valence-corrected chi connectivity index (χ0v) is 16.6. The second-order valence-electron chi connectivity index (χ2n) is 7.61. The number of hydrogen-bond donors (Lipinski definition) is 0. The maximum atomic E-state index is 12.9. The zero-order chi connectivity index (χ0) is 19.6. The number of rotatable bonds is 5. The van der Waals surface area contributed by atoms with Crippen molar-refractivity contribution in [2.75, 3.05) is 24.6 Å². The molecule has 7 heteroatoms. The van der Waals surface area contributed by atoms with Gasteiger partial charge in [-0.1, -0.05) is 30.3 Å². The van der Waals surface area contributed by atoms with E-state index in [0.29, 0.717) is 32.5 Å². The number of aromatic nitrogens is 1. The normalized spacial score (nSPS) is 24.1. The number of pyridine rings is 1. The molecule has 2 unspecified atom stereocenters. The standard InChI is InChI=1S/C21H25N3O3S/c25-21(7-6-17-4-2-1-3-5-17)24-13-12-23(14-18-8-10-22-11-9-18)19-15-28(26,27)16-20(19)24/h1-5,8-11,19-20H,6-7,12-16H2. The van der Waals surface area contributed by atoms with Gasteiger partial charge in [0, 0.05) is 44.5 Å². The minimum absolute atomic E-state index is 0.0551. The summed E-state index contributed by atoms with van der Waals surface area (Å²) in [6, 6.07) is 13.5. The molecule has 6 nitrogen and oxygen atoms in total. The molecule has 3 heterocycles. The molecule has 0 spiro atoms. The van der Waals surface area contributed by atoms with Crippen molar-refractivity contribution in [3.63, 3.8) is 0 Å². The fourth-order valence-corrected chi connectivity index (χ4v) is 6.30. The fourth-order valence-electron chi connectivity index (χ4n) is 4.29. The lowest BCUT2D eigenvalue weighted by Crippen LogP contribution is -2.60. The molecule has 2 fully saturated rings. The van der Waals surface area contributed by atoms with E-state index in [1.165, 1.54) is 0 Å². The highest BCUT2D eigenvalue weighted by Crippen LogP contribution is 2.28. The molecule has 1 aromatic carbocycles. The van der Waals surface area contributed by atoms with Gasteiger partial charge in [0.25, 0.3) is 0 Å². The van der Waals surface area contributed by atoms with Gasteiger partial charge in [-0.15, -0.1) is 0 Å². The number of aryl methyl sites for hydroxylation is 1. The molecule has 1 amide bonds. The van der Waals surface area contributed by atoms with Crippen molar-refractivity contribution >= 4 is 15.7 Å². The van der Waals surface area contributed by atoms with E-state index in [0.717, 1.165) is 11.1 Å². The van der Waals surface area contributed by atoms with E-state index in [9.17, 15) is 13.2 Å². The molecule has 4 rings (SSSR count). The summed E-state index contributed by atoms with van der Waals surface area (Å²) in [6.45, 7) is 1.96. The van der Waals surface area contributed by atoms with Crippen molar-refractivity contribution in [2.45, 2.75) is 31.5 Å². The quantitative estimate of drug-likeness (QED) is 0.763. The van der Waals surface area contributed by atoms with Crippen molar-refractivity contribution in [3.8, 4) is 0 Å². The first-order valence-electron chi connectivity index (χ1n) is 9.69. The molecule has 2 saturated heterocycles. The van der Waals surface area contributed by atoms with Gasteiger partial charge in [-0.2, -0.15) is 0 Å². The molecule has 0 aliphatic carbocycles. The molecule has 28 heavy (non-hydrogen) atoms. The number of piperazine rings is 1. The number of benzene rings is 1. The Morgan fingerprint density at radius 1 is 0.964 bits per heavy atom. The summed E-state index contributed by atoms with van der Waals surface area (Å²) in [5.74, 6) is 0.256. The topological polar surface area (TPSA) is 70.6 Å². The van der Waals surface area contributed by atoms with Crippen LogP contribution in [0.3, 0.4) is 0 Å². The molecule has 2 aliphatic rings. The predicted octanol–water partition coefficient (Wildman–Crippen LogP) is 1.52. The van der Waals surface area contributed by atoms with Gasteiger partial charge >= 0.3 is 0 Å². The van der Waals surface area contributed by atoms with E-state index in [4.69, 9.17) is 0 Å². The van der Waals surface area contributed by atoms with E-state index < -0.39 is 9.84 Å². The fraction of sp³-hybridized carbons (Fsp3) is 0.429. The highest BCUT2D eigenvalue weighted by molar-refractivity contribution is 7.91. The van der Waals surface area contributed by atoms with Crippen molar-refractivity contribution in [1.82, 2.24) is 14.8 Å². The SMILES string of the molecule is O=C(CCc1ccccc1)N1CCN(Cc2ccncc2)C2CS(=O)(=O)CC21. The van der Waals surface area contributed by atoms with Crippen molar-refractivity contribution in [3.05, 3.63) is 66.0 Å². The smallest absolute Gasteiger partial charge is 0.223 e. The first-order valence-corrected chi connectivity index (χ1v) is 11.5. The summed E-state index contributed by atoms with van der Waals surface area (Å²) in [6.07, 6.45) is 4.60. The molecule has 2 aliphatic heterocycles. The van der Waals surface area contributed by atoms with Crippen LogP contribution in [-0.4, -0.2) is 65.8 Å². The van der Waals surface area contributed by atoms with Gasteiger partial charge in [0.15, 0.2) is 9.84 Å². The monoisotopic (exact) mass is 399 g/mol. The second-order valence-corrected chi connectivity index (χ2v) is 9.76. The second kappa shape index (κ2) is 8.01. The van der Waals surface area contributed by atoms with Crippen LogP contribution in [0.2, 0.25) is 0 Å². The highest BCUT2D eigenvalue weighted by atomic mass is 32.2. The van der Waals surface area contributed by atoms with Crippen LogP contribution in [0.5, 0.6) is 0 Å². The number of hydrogen-bond acceptors (Lipinski definition) is 5. The molecule has 1 aromatic heterocycles. The summed E-state index contributed by atoms with van der Waals surface area (Å²) >= 11 is 0. The minimum atomic E-state index is -3.14. The van der Waals surface area contributed by atoms with Gasteiger partial charge in [0.05, 0.1) is 17.5 Å². The number of nitrogens with zero attached hydrogens (tertiary/aromatic N) is 3. The van der Waals surface area contributed by atoms with Gasteiger partial charge < -0.3 is 4.90 Å². The van der Waals surface area contributed by atoms with Gasteiger partial charge in [-0.3, -0.25) is 14.7 Å². The van der Waals surface area contributed by atoms with Gasteiger partial charge in [0.2, 0.25) is 5.91 Å². The van der Waals surface area contributed by atoms with Gasteiger partial charge in [-0.25, -0.2) is 8.42 Å². The average molecular weight is 400 g/mol. The molecule has 0 radical (unpaired) electrons. The lowest BCUT2D eigenvalue weighted by molar-refractivity contribution is -0.137. The van der Waals surface area contributed by atoms with Crippen LogP contribution in [0.4, 0.5) is 0 Å². The number of sulfone groups is 1. The highest BCUT2D eigenvalue weighted by Gasteiger charge is 2.47. The Labute approximate surface area is 166 Å². The first kappa shape index (κ1) is 19.1. The Morgan fingerprint density at radius 2 is 1.68 bits per heavy atom. The molecule has 148 valence electrons. The Hall–Kier alpha value is -2.25. The number of carbonyl (C=O) groups is 1. The van der Waals surface area contributed by atoms with Crippen LogP contribution >= 0.6 is 0 Å².